The summed E-state index contributed by atoms with van der Waals surface area (Å²) >= 11 is 0. The van der Waals surface area contributed by atoms with Crippen LogP contribution in [-0.2, 0) is 11.2 Å². The molecule has 0 fully saturated rings. The van der Waals surface area contributed by atoms with Gasteiger partial charge < -0.3 is 10.0 Å². The highest BCUT2D eigenvalue weighted by Gasteiger charge is 2.29. The second-order valence-corrected chi connectivity index (χ2v) is 4.27. The van der Waals surface area contributed by atoms with Crippen LogP contribution in [0.1, 0.15) is 25.3 Å². The summed E-state index contributed by atoms with van der Waals surface area (Å²) in [6.45, 7) is 2.15. The molecular weight excluding hydrogens is 202 g/mol. The van der Waals surface area contributed by atoms with Crippen LogP contribution in [0.4, 0.5) is 5.69 Å². The predicted octanol–water partition coefficient (Wildman–Crippen LogP) is 1.74. The molecule has 3 nitrogen and oxygen atoms in total. The maximum atomic E-state index is 12.0. The van der Waals surface area contributed by atoms with Gasteiger partial charge in [0.2, 0.25) is 5.91 Å². The van der Waals surface area contributed by atoms with E-state index in [4.69, 9.17) is 5.11 Å². The van der Waals surface area contributed by atoms with Gasteiger partial charge in [-0.2, -0.15) is 0 Å². The van der Waals surface area contributed by atoms with Crippen LogP contribution in [0.5, 0.6) is 0 Å². The zero-order valence-electron chi connectivity index (χ0n) is 9.52. The van der Waals surface area contributed by atoms with Gasteiger partial charge in [-0.1, -0.05) is 18.2 Å². The van der Waals surface area contributed by atoms with Crippen molar-refractivity contribution in [3.05, 3.63) is 29.8 Å². The van der Waals surface area contributed by atoms with Gasteiger partial charge in [-0.3, -0.25) is 4.79 Å². The Bertz CT molecular complexity index is 389. The van der Waals surface area contributed by atoms with Crippen molar-refractivity contribution in [1.82, 2.24) is 0 Å². The second kappa shape index (κ2) is 4.66. The van der Waals surface area contributed by atoms with Crippen molar-refractivity contribution in [3.8, 4) is 0 Å². The molecule has 0 radical (unpaired) electrons. The minimum atomic E-state index is 0.0790. The number of aliphatic hydroxyl groups excluding tert-OH is 1. The van der Waals surface area contributed by atoms with Crippen molar-refractivity contribution in [2.24, 2.45) is 0 Å². The molecule has 1 aliphatic heterocycles. The third kappa shape index (κ3) is 1.95. The Labute approximate surface area is 95.7 Å². The van der Waals surface area contributed by atoms with Gasteiger partial charge >= 0.3 is 0 Å². The number of rotatable bonds is 3. The largest absolute Gasteiger partial charge is 0.396 e. The van der Waals surface area contributed by atoms with Gasteiger partial charge in [0.05, 0.1) is 0 Å². The van der Waals surface area contributed by atoms with Crippen molar-refractivity contribution in [1.29, 1.82) is 0 Å². The molecule has 0 saturated carbocycles. The van der Waals surface area contributed by atoms with E-state index in [1.54, 1.807) is 0 Å². The first kappa shape index (κ1) is 11.1. The third-order valence-corrected chi connectivity index (χ3v) is 3.02. The zero-order chi connectivity index (χ0) is 11.5. The van der Waals surface area contributed by atoms with Gasteiger partial charge in [-0.05, 0) is 31.4 Å². The Morgan fingerprint density at radius 1 is 1.50 bits per heavy atom. The van der Waals surface area contributed by atoms with Crippen LogP contribution < -0.4 is 4.90 Å². The van der Waals surface area contributed by atoms with Gasteiger partial charge in [0, 0.05) is 24.8 Å². The summed E-state index contributed by atoms with van der Waals surface area (Å²) in [4.78, 5) is 13.9. The summed E-state index contributed by atoms with van der Waals surface area (Å²) in [5.41, 5.74) is 2.28. The maximum Gasteiger partial charge on any atom is 0.227 e. The van der Waals surface area contributed by atoms with Gasteiger partial charge in [-0.25, -0.2) is 0 Å². The fourth-order valence-corrected chi connectivity index (χ4v) is 2.30. The molecule has 86 valence electrons. The van der Waals surface area contributed by atoms with Crippen LogP contribution in [0, 0.1) is 0 Å². The Kier molecular flexibility index (Phi) is 3.25. The average molecular weight is 219 g/mol. The number of hydrogen-bond donors (Lipinski definition) is 1. The predicted molar refractivity (Wildman–Crippen MR) is 63.4 cm³/mol. The molecule has 1 aromatic carbocycles. The molecule has 2 rings (SSSR count). The number of carbonyl (C=O) groups excluding carboxylic acids is 1. The number of fused-ring (bicyclic) bond motifs is 1. The molecule has 1 atom stereocenters. The Morgan fingerprint density at radius 2 is 2.25 bits per heavy atom. The lowest BCUT2D eigenvalue weighted by atomic mass is 10.1. The second-order valence-electron chi connectivity index (χ2n) is 4.27. The molecule has 1 aliphatic rings. The lowest BCUT2D eigenvalue weighted by Crippen LogP contribution is -2.35. The van der Waals surface area contributed by atoms with Crippen LogP contribution in [0.2, 0.25) is 0 Å². The van der Waals surface area contributed by atoms with Crippen LogP contribution in [0.15, 0.2) is 24.3 Å². The average Bonchev–Trinajstić information content (AvgIpc) is 2.62. The van der Waals surface area contributed by atoms with Gasteiger partial charge in [0.15, 0.2) is 0 Å². The SMILES string of the molecule is CC1Cc2ccccc2N1C(=O)CCCO. The fourth-order valence-electron chi connectivity index (χ4n) is 2.30. The number of amides is 1. The number of para-hydroxylation sites is 1. The Balaban J connectivity index is 2.18. The van der Waals surface area contributed by atoms with Crippen LogP contribution in [0.3, 0.4) is 0 Å². The van der Waals surface area contributed by atoms with Gasteiger partial charge in [0.1, 0.15) is 0 Å². The summed E-state index contributed by atoms with van der Waals surface area (Å²) < 4.78 is 0. The summed E-state index contributed by atoms with van der Waals surface area (Å²) in [6, 6.07) is 8.28. The molecule has 3 heteroatoms. The minimum Gasteiger partial charge on any atom is -0.396 e. The molecule has 0 saturated heterocycles. The lowest BCUT2D eigenvalue weighted by molar-refractivity contribution is -0.119. The quantitative estimate of drug-likeness (QED) is 0.841. The van der Waals surface area contributed by atoms with Gasteiger partial charge in [-0.15, -0.1) is 0 Å². The maximum absolute atomic E-state index is 12.0. The van der Waals surface area contributed by atoms with E-state index < -0.39 is 0 Å². The van der Waals surface area contributed by atoms with E-state index in [-0.39, 0.29) is 18.6 Å². The highest BCUT2D eigenvalue weighted by atomic mass is 16.3. The Morgan fingerprint density at radius 3 is 3.00 bits per heavy atom. The summed E-state index contributed by atoms with van der Waals surface area (Å²) in [6.07, 6.45) is 1.90. The number of hydrogen-bond acceptors (Lipinski definition) is 2. The van der Waals surface area contributed by atoms with Crippen LogP contribution in [0.25, 0.3) is 0 Å². The highest BCUT2D eigenvalue weighted by Crippen LogP contribution is 2.32. The first-order chi connectivity index (χ1) is 7.74. The highest BCUT2D eigenvalue weighted by molar-refractivity contribution is 5.96. The smallest absolute Gasteiger partial charge is 0.227 e. The number of aliphatic hydroxyl groups is 1. The van der Waals surface area contributed by atoms with Crippen molar-refractivity contribution < 1.29 is 9.90 Å². The number of carbonyl (C=O) groups is 1. The number of nitrogens with zero attached hydrogens (tertiary/aromatic N) is 1. The lowest BCUT2D eigenvalue weighted by Gasteiger charge is -2.22. The molecule has 0 aromatic heterocycles. The van der Waals surface area contributed by atoms with E-state index in [0.29, 0.717) is 12.8 Å². The number of anilines is 1. The van der Waals surface area contributed by atoms with Crippen molar-refractivity contribution in [2.45, 2.75) is 32.2 Å². The van der Waals surface area contributed by atoms with Gasteiger partial charge in [0.25, 0.3) is 0 Å². The molecule has 1 unspecified atom stereocenters. The van der Waals surface area contributed by atoms with Crippen molar-refractivity contribution in [2.75, 3.05) is 11.5 Å². The van der Waals surface area contributed by atoms with E-state index in [2.05, 4.69) is 13.0 Å². The van der Waals surface area contributed by atoms with E-state index in [1.165, 1.54) is 5.56 Å². The molecule has 1 aromatic rings. The standard InChI is InChI=1S/C13H17NO2/c1-10-9-11-5-2-3-6-12(11)14(10)13(16)7-4-8-15/h2-3,5-6,10,15H,4,7-9H2,1H3. The van der Waals surface area contributed by atoms with Crippen molar-refractivity contribution >= 4 is 11.6 Å². The molecule has 1 N–H and O–H groups in total. The number of benzene rings is 1. The molecule has 1 heterocycles. The van der Waals surface area contributed by atoms with E-state index >= 15 is 0 Å². The molecule has 0 spiro atoms. The summed E-state index contributed by atoms with van der Waals surface area (Å²) in [7, 11) is 0. The van der Waals surface area contributed by atoms with Crippen LogP contribution >= 0.6 is 0 Å². The van der Waals surface area contributed by atoms with Crippen molar-refractivity contribution in [3.63, 3.8) is 0 Å². The summed E-state index contributed by atoms with van der Waals surface area (Å²) in [5, 5.41) is 8.75. The topological polar surface area (TPSA) is 40.5 Å². The monoisotopic (exact) mass is 219 g/mol. The normalized spacial score (nSPS) is 18.6. The summed E-state index contributed by atoms with van der Waals surface area (Å²) in [5.74, 6) is 0.117. The zero-order valence-corrected chi connectivity index (χ0v) is 9.52. The molecule has 16 heavy (non-hydrogen) atoms. The minimum absolute atomic E-state index is 0.0790. The first-order valence-corrected chi connectivity index (χ1v) is 5.75. The van der Waals surface area contributed by atoms with E-state index in [0.717, 1.165) is 12.1 Å². The molecular formula is C13H17NO2. The van der Waals surface area contributed by atoms with E-state index in [1.807, 2.05) is 23.1 Å². The molecule has 1 amide bonds. The molecule has 0 aliphatic carbocycles. The first-order valence-electron chi connectivity index (χ1n) is 5.75. The molecule has 0 bridgehead atoms. The van der Waals surface area contributed by atoms with E-state index in [9.17, 15) is 4.79 Å². The fraction of sp³-hybridized carbons (Fsp3) is 0.462. The van der Waals surface area contributed by atoms with Crippen LogP contribution in [-0.4, -0.2) is 23.7 Å². The third-order valence-electron chi connectivity index (χ3n) is 3.02. The Hall–Kier alpha value is -1.35.